The lowest BCUT2D eigenvalue weighted by atomic mass is 10.2. The molecule has 0 aliphatic carbocycles. The Labute approximate surface area is 124 Å². The van der Waals surface area contributed by atoms with Crippen LogP contribution in [0.3, 0.4) is 0 Å². The summed E-state index contributed by atoms with van der Waals surface area (Å²) in [7, 11) is 0. The van der Waals surface area contributed by atoms with Crippen molar-refractivity contribution in [1.82, 2.24) is 5.43 Å². The van der Waals surface area contributed by atoms with Crippen LogP contribution in [0.25, 0.3) is 0 Å². The second-order valence-corrected chi connectivity index (χ2v) is 4.86. The molecule has 1 atom stereocenters. The Hall–Kier alpha value is -2.56. The zero-order valence-electron chi connectivity index (χ0n) is 12.4. The number of furan rings is 1. The molecule has 110 valence electrons. The van der Waals surface area contributed by atoms with E-state index in [4.69, 9.17) is 4.42 Å². The quantitative estimate of drug-likeness (QED) is 0.655. The first-order chi connectivity index (χ1) is 10.1. The monoisotopic (exact) mass is 285 g/mol. The van der Waals surface area contributed by atoms with E-state index in [0.717, 1.165) is 17.0 Å². The molecule has 0 spiro atoms. The van der Waals surface area contributed by atoms with Gasteiger partial charge in [-0.05, 0) is 44.5 Å². The van der Waals surface area contributed by atoms with Gasteiger partial charge in [-0.1, -0.05) is 18.2 Å². The fraction of sp³-hybridized carbons (Fsp3) is 0.250. The Bertz CT molecular complexity index is 646. The van der Waals surface area contributed by atoms with E-state index < -0.39 is 0 Å². The Morgan fingerprint density at radius 2 is 2.00 bits per heavy atom. The average molecular weight is 285 g/mol. The maximum atomic E-state index is 11.9. The highest BCUT2D eigenvalue weighted by atomic mass is 16.3. The number of hydrazone groups is 1. The lowest BCUT2D eigenvalue weighted by Crippen LogP contribution is -2.35. The van der Waals surface area contributed by atoms with E-state index in [2.05, 4.69) is 15.8 Å². The van der Waals surface area contributed by atoms with Gasteiger partial charge in [-0.25, -0.2) is 5.43 Å². The molecule has 5 nitrogen and oxygen atoms in total. The number of hydrogen-bond donors (Lipinski definition) is 2. The number of carbonyl (C=O) groups is 1. The van der Waals surface area contributed by atoms with Crippen LogP contribution in [0.2, 0.25) is 0 Å². The molecule has 2 aromatic rings. The molecule has 0 radical (unpaired) electrons. The average Bonchev–Trinajstić information content (AvgIpc) is 2.87. The summed E-state index contributed by atoms with van der Waals surface area (Å²) in [6, 6.07) is 11.1. The SMILES string of the molecule is Cc1ccc(/C=N\NC(=O)C(C)Nc2ccccc2C)o1. The van der Waals surface area contributed by atoms with Crippen LogP contribution >= 0.6 is 0 Å². The van der Waals surface area contributed by atoms with Crippen molar-refractivity contribution in [3.05, 3.63) is 53.5 Å². The molecule has 1 amide bonds. The molecule has 0 aliphatic rings. The van der Waals surface area contributed by atoms with Crippen molar-refractivity contribution in [1.29, 1.82) is 0 Å². The molecule has 2 rings (SSSR count). The smallest absolute Gasteiger partial charge is 0.262 e. The minimum Gasteiger partial charge on any atom is -0.460 e. The molecular formula is C16H19N3O2. The Morgan fingerprint density at radius 3 is 2.67 bits per heavy atom. The molecule has 5 heteroatoms. The largest absolute Gasteiger partial charge is 0.460 e. The normalized spacial score (nSPS) is 12.3. The molecule has 1 heterocycles. The van der Waals surface area contributed by atoms with Crippen LogP contribution in [0.4, 0.5) is 5.69 Å². The summed E-state index contributed by atoms with van der Waals surface area (Å²) in [6.07, 6.45) is 1.48. The number of nitrogens with one attached hydrogen (secondary N) is 2. The van der Waals surface area contributed by atoms with Crippen molar-refractivity contribution >= 4 is 17.8 Å². The van der Waals surface area contributed by atoms with Crippen molar-refractivity contribution in [2.45, 2.75) is 26.8 Å². The van der Waals surface area contributed by atoms with Gasteiger partial charge in [0.25, 0.3) is 5.91 Å². The van der Waals surface area contributed by atoms with Gasteiger partial charge < -0.3 is 9.73 Å². The number of amides is 1. The number of rotatable bonds is 5. The summed E-state index contributed by atoms with van der Waals surface area (Å²) in [5.41, 5.74) is 4.51. The minimum atomic E-state index is -0.387. The third-order valence-electron chi connectivity index (χ3n) is 3.04. The number of nitrogens with zero attached hydrogens (tertiary/aromatic N) is 1. The summed E-state index contributed by atoms with van der Waals surface area (Å²) in [5.74, 6) is 1.20. The van der Waals surface area contributed by atoms with Crippen LogP contribution in [0.1, 0.15) is 24.0 Å². The molecule has 0 bridgehead atoms. The molecule has 2 N–H and O–H groups in total. The molecule has 0 fully saturated rings. The fourth-order valence-electron chi connectivity index (χ4n) is 1.81. The molecular weight excluding hydrogens is 266 g/mol. The highest BCUT2D eigenvalue weighted by molar-refractivity contribution is 5.85. The first kappa shape index (κ1) is 14.8. The molecule has 0 saturated carbocycles. The molecule has 1 unspecified atom stereocenters. The summed E-state index contributed by atoms with van der Waals surface area (Å²) in [6.45, 7) is 5.63. The van der Waals surface area contributed by atoms with Gasteiger partial charge in [-0.15, -0.1) is 0 Å². The highest BCUT2D eigenvalue weighted by Gasteiger charge is 2.12. The van der Waals surface area contributed by atoms with E-state index in [0.29, 0.717) is 5.76 Å². The van der Waals surface area contributed by atoms with E-state index in [9.17, 15) is 4.79 Å². The van der Waals surface area contributed by atoms with Gasteiger partial charge in [-0.2, -0.15) is 5.10 Å². The number of aryl methyl sites for hydroxylation is 2. The number of benzene rings is 1. The van der Waals surface area contributed by atoms with Crippen LogP contribution in [0.15, 0.2) is 45.9 Å². The Kier molecular flexibility index (Phi) is 4.77. The van der Waals surface area contributed by atoms with Crippen molar-refractivity contribution < 1.29 is 9.21 Å². The number of carbonyl (C=O) groups excluding carboxylic acids is 1. The standard InChI is InChI=1S/C16H19N3O2/c1-11-6-4-5-7-15(11)18-13(3)16(20)19-17-10-14-9-8-12(2)21-14/h4-10,13,18H,1-3H3,(H,19,20)/b17-10-. The summed E-state index contributed by atoms with van der Waals surface area (Å²) < 4.78 is 5.32. The summed E-state index contributed by atoms with van der Waals surface area (Å²) in [4.78, 5) is 11.9. The van der Waals surface area contributed by atoms with Gasteiger partial charge in [0.15, 0.2) is 0 Å². The maximum absolute atomic E-state index is 11.9. The van der Waals surface area contributed by atoms with Crippen molar-refractivity contribution in [3.63, 3.8) is 0 Å². The molecule has 21 heavy (non-hydrogen) atoms. The third-order valence-corrected chi connectivity index (χ3v) is 3.04. The second-order valence-electron chi connectivity index (χ2n) is 4.86. The van der Waals surface area contributed by atoms with Crippen molar-refractivity contribution in [2.75, 3.05) is 5.32 Å². The van der Waals surface area contributed by atoms with Crippen LogP contribution in [0, 0.1) is 13.8 Å². The van der Waals surface area contributed by atoms with Gasteiger partial charge in [0.05, 0.1) is 6.21 Å². The lowest BCUT2D eigenvalue weighted by molar-refractivity contribution is -0.121. The molecule has 0 saturated heterocycles. The van der Waals surface area contributed by atoms with E-state index in [1.54, 1.807) is 13.0 Å². The fourth-order valence-corrected chi connectivity index (χ4v) is 1.81. The van der Waals surface area contributed by atoms with Crippen LogP contribution in [0.5, 0.6) is 0 Å². The van der Waals surface area contributed by atoms with Crippen LogP contribution in [-0.2, 0) is 4.79 Å². The molecule has 1 aromatic carbocycles. The van der Waals surface area contributed by atoms with Crippen molar-refractivity contribution in [2.24, 2.45) is 5.10 Å². The molecule has 0 aliphatic heterocycles. The first-order valence-electron chi connectivity index (χ1n) is 6.78. The third kappa shape index (κ3) is 4.21. The van der Waals surface area contributed by atoms with Gasteiger partial charge in [0.2, 0.25) is 0 Å². The number of para-hydroxylation sites is 1. The summed E-state index contributed by atoms with van der Waals surface area (Å²) >= 11 is 0. The number of hydrogen-bond acceptors (Lipinski definition) is 4. The predicted molar refractivity (Wildman–Crippen MR) is 83.4 cm³/mol. The first-order valence-corrected chi connectivity index (χ1v) is 6.78. The second kappa shape index (κ2) is 6.74. The Morgan fingerprint density at radius 1 is 1.24 bits per heavy atom. The predicted octanol–water partition coefficient (Wildman–Crippen LogP) is 2.85. The lowest BCUT2D eigenvalue weighted by Gasteiger charge is -2.15. The van der Waals surface area contributed by atoms with Gasteiger partial charge in [0.1, 0.15) is 17.6 Å². The van der Waals surface area contributed by atoms with Gasteiger partial charge >= 0.3 is 0 Å². The Balaban J connectivity index is 1.88. The summed E-state index contributed by atoms with van der Waals surface area (Å²) in [5, 5.41) is 7.04. The van der Waals surface area contributed by atoms with E-state index >= 15 is 0 Å². The van der Waals surface area contributed by atoms with Crippen LogP contribution < -0.4 is 10.7 Å². The van der Waals surface area contributed by atoms with E-state index in [1.165, 1.54) is 6.21 Å². The zero-order chi connectivity index (χ0) is 15.2. The van der Waals surface area contributed by atoms with Crippen molar-refractivity contribution in [3.8, 4) is 0 Å². The maximum Gasteiger partial charge on any atom is 0.262 e. The highest BCUT2D eigenvalue weighted by Crippen LogP contribution is 2.14. The zero-order valence-corrected chi connectivity index (χ0v) is 12.4. The molecule has 1 aromatic heterocycles. The van der Waals surface area contributed by atoms with E-state index in [-0.39, 0.29) is 11.9 Å². The van der Waals surface area contributed by atoms with Crippen LogP contribution in [-0.4, -0.2) is 18.2 Å². The van der Waals surface area contributed by atoms with Gasteiger partial charge in [0, 0.05) is 5.69 Å². The number of anilines is 1. The van der Waals surface area contributed by atoms with Gasteiger partial charge in [-0.3, -0.25) is 4.79 Å². The minimum absolute atomic E-state index is 0.210. The van der Waals surface area contributed by atoms with E-state index in [1.807, 2.05) is 44.2 Å². The topological polar surface area (TPSA) is 66.6 Å².